The van der Waals surface area contributed by atoms with E-state index in [0.29, 0.717) is 41.3 Å². The van der Waals surface area contributed by atoms with Crippen LogP contribution in [0.5, 0.6) is 11.5 Å². The number of para-hydroxylation sites is 1. The standard InChI is InChI=1S/C23H22N2O6/c1-3-8-16-11-15(13-19(30-4-2)21(16)31-14-20(26)27)12-18-22(28)24-25(23(18)29)17-9-6-5-7-10-17/h3,5-7,9-13H,1,4,8,14H2,2H3,(H,24,28)(H,26,27)/b18-12-. The van der Waals surface area contributed by atoms with Crippen LogP contribution in [0.25, 0.3) is 6.08 Å². The van der Waals surface area contributed by atoms with Crippen LogP contribution in [0.2, 0.25) is 0 Å². The fourth-order valence-corrected chi connectivity index (χ4v) is 3.12. The van der Waals surface area contributed by atoms with E-state index in [1.165, 1.54) is 11.1 Å². The molecule has 0 saturated carbocycles. The molecule has 0 radical (unpaired) electrons. The smallest absolute Gasteiger partial charge is 0.341 e. The molecule has 31 heavy (non-hydrogen) atoms. The summed E-state index contributed by atoms with van der Waals surface area (Å²) in [5.74, 6) is -1.51. The number of allylic oxidation sites excluding steroid dienone is 1. The van der Waals surface area contributed by atoms with Crippen molar-refractivity contribution in [3.8, 4) is 11.5 Å². The minimum absolute atomic E-state index is 0.0324. The van der Waals surface area contributed by atoms with E-state index in [2.05, 4.69) is 12.0 Å². The Labute approximate surface area is 179 Å². The van der Waals surface area contributed by atoms with Gasteiger partial charge in [-0.1, -0.05) is 24.3 Å². The van der Waals surface area contributed by atoms with Crippen LogP contribution in [0.4, 0.5) is 5.69 Å². The van der Waals surface area contributed by atoms with E-state index >= 15 is 0 Å². The molecule has 8 nitrogen and oxygen atoms in total. The van der Waals surface area contributed by atoms with Crippen molar-refractivity contribution < 1.29 is 29.0 Å². The van der Waals surface area contributed by atoms with Crippen LogP contribution in [0.1, 0.15) is 18.1 Å². The minimum atomic E-state index is -1.12. The number of hydrogen-bond donors (Lipinski definition) is 2. The largest absolute Gasteiger partial charge is 0.490 e. The highest BCUT2D eigenvalue weighted by atomic mass is 16.5. The molecular formula is C23H22N2O6. The molecule has 3 rings (SSSR count). The number of carboxylic acids is 1. The van der Waals surface area contributed by atoms with Gasteiger partial charge in [0.25, 0.3) is 11.8 Å². The molecule has 2 amide bonds. The molecule has 8 heteroatoms. The molecule has 1 fully saturated rings. The lowest BCUT2D eigenvalue weighted by Gasteiger charge is -2.16. The fraction of sp³-hybridized carbons (Fsp3) is 0.174. The van der Waals surface area contributed by atoms with Crippen molar-refractivity contribution in [2.75, 3.05) is 18.2 Å². The number of aliphatic carboxylic acids is 1. The molecular weight excluding hydrogens is 400 g/mol. The third-order valence-corrected chi connectivity index (χ3v) is 4.38. The molecule has 1 heterocycles. The highest BCUT2D eigenvalue weighted by Gasteiger charge is 2.34. The first-order valence-corrected chi connectivity index (χ1v) is 9.62. The number of anilines is 1. The molecule has 0 aromatic heterocycles. The van der Waals surface area contributed by atoms with E-state index in [-0.39, 0.29) is 5.57 Å². The molecule has 1 aliphatic rings. The lowest BCUT2D eigenvalue weighted by Crippen LogP contribution is -2.35. The first-order valence-electron chi connectivity index (χ1n) is 9.62. The molecule has 0 aliphatic carbocycles. The number of benzene rings is 2. The summed E-state index contributed by atoms with van der Waals surface area (Å²) in [5.41, 5.74) is 4.23. The number of nitrogens with one attached hydrogen (secondary N) is 1. The average molecular weight is 422 g/mol. The second kappa shape index (κ2) is 9.62. The minimum Gasteiger partial charge on any atom is -0.490 e. The maximum atomic E-state index is 12.8. The van der Waals surface area contributed by atoms with Gasteiger partial charge in [-0.25, -0.2) is 9.80 Å². The van der Waals surface area contributed by atoms with E-state index < -0.39 is 24.4 Å². The summed E-state index contributed by atoms with van der Waals surface area (Å²) >= 11 is 0. The Bertz CT molecular complexity index is 1050. The molecule has 0 atom stereocenters. The van der Waals surface area contributed by atoms with E-state index in [4.69, 9.17) is 14.6 Å². The van der Waals surface area contributed by atoms with Gasteiger partial charge in [0.2, 0.25) is 0 Å². The Morgan fingerprint density at radius 3 is 2.58 bits per heavy atom. The highest BCUT2D eigenvalue weighted by molar-refractivity contribution is 6.31. The zero-order valence-electron chi connectivity index (χ0n) is 17.0. The number of hydrogen-bond acceptors (Lipinski definition) is 5. The summed E-state index contributed by atoms with van der Waals surface area (Å²) in [7, 11) is 0. The van der Waals surface area contributed by atoms with Gasteiger partial charge in [-0.3, -0.25) is 15.0 Å². The van der Waals surface area contributed by atoms with E-state index in [1.807, 2.05) is 6.07 Å². The monoisotopic (exact) mass is 422 g/mol. The maximum absolute atomic E-state index is 12.8. The van der Waals surface area contributed by atoms with Gasteiger partial charge in [-0.05, 0) is 49.2 Å². The third-order valence-electron chi connectivity index (χ3n) is 4.38. The zero-order chi connectivity index (χ0) is 22.4. The van der Waals surface area contributed by atoms with E-state index in [9.17, 15) is 14.4 Å². The predicted molar refractivity (Wildman–Crippen MR) is 115 cm³/mol. The predicted octanol–water partition coefficient (Wildman–Crippen LogP) is 2.74. The van der Waals surface area contributed by atoms with Crippen LogP contribution in [0.3, 0.4) is 0 Å². The van der Waals surface area contributed by atoms with Gasteiger partial charge in [-0.2, -0.15) is 0 Å². The molecule has 160 valence electrons. The molecule has 0 spiro atoms. The summed E-state index contributed by atoms with van der Waals surface area (Å²) in [6.45, 7) is 5.29. The quantitative estimate of drug-likeness (QED) is 0.366. The topological polar surface area (TPSA) is 105 Å². The van der Waals surface area contributed by atoms with Crippen molar-refractivity contribution in [1.29, 1.82) is 0 Å². The molecule has 2 aromatic carbocycles. The lowest BCUT2D eigenvalue weighted by atomic mass is 10.0. The van der Waals surface area contributed by atoms with Crippen molar-refractivity contribution in [3.05, 3.63) is 71.8 Å². The van der Waals surface area contributed by atoms with Crippen molar-refractivity contribution in [3.63, 3.8) is 0 Å². The fourth-order valence-electron chi connectivity index (χ4n) is 3.12. The Kier molecular flexibility index (Phi) is 6.71. The number of hydrazine groups is 1. The average Bonchev–Trinajstić information content (AvgIpc) is 3.02. The zero-order valence-corrected chi connectivity index (χ0v) is 17.0. The maximum Gasteiger partial charge on any atom is 0.341 e. The highest BCUT2D eigenvalue weighted by Crippen LogP contribution is 2.35. The number of nitrogens with zero attached hydrogens (tertiary/aromatic N) is 1. The summed E-state index contributed by atoms with van der Waals surface area (Å²) < 4.78 is 11.1. The number of carboxylic acid groups (broad SMARTS) is 1. The molecule has 1 aliphatic heterocycles. The third kappa shape index (κ3) is 4.92. The van der Waals surface area contributed by atoms with Gasteiger partial charge < -0.3 is 14.6 Å². The molecule has 0 unspecified atom stereocenters. The Morgan fingerprint density at radius 1 is 1.19 bits per heavy atom. The number of amides is 2. The van der Waals surface area contributed by atoms with Gasteiger partial charge >= 0.3 is 5.97 Å². The van der Waals surface area contributed by atoms with E-state index in [1.54, 1.807) is 49.4 Å². The van der Waals surface area contributed by atoms with Crippen molar-refractivity contribution >= 4 is 29.5 Å². The van der Waals surface area contributed by atoms with Crippen molar-refractivity contribution in [2.45, 2.75) is 13.3 Å². The van der Waals surface area contributed by atoms with Gasteiger partial charge in [0.1, 0.15) is 5.57 Å². The van der Waals surface area contributed by atoms with Gasteiger partial charge in [0, 0.05) is 5.56 Å². The number of carbonyl (C=O) groups excluding carboxylic acids is 2. The van der Waals surface area contributed by atoms with Crippen LogP contribution in [-0.4, -0.2) is 36.1 Å². The first kappa shape index (κ1) is 21.6. The molecule has 2 N–H and O–H groups in total. The van der Waals surface area contributed by atoms with Crippen molar-refractivity contribution in [2.24, 2.45) is 0 Å². The van der Waals surface area contributed by atoms with Crippen LogP contribution in [0, 0.1) is 0 Å². The second-order valence-corrected chi connectivity index (χ2v) is 6.59. The molecule has 1 saturated heterocycles. The van der Waals surface area contributed by atoms with Gasteiger partial charge in [0.05, 0.1) is 12.3 Å². The van der Waals surface area contributed by atoms with Crippen LogP contribution >= 0.6 is 0 Å². The number of carbonyl (C=O) groups is 3. The normalized spacial score (nSPS) is 14.5. The van der Waals surface area contributed by atoms with Gasteiger partial charge in [-0.15, -0.1) is 6.58 Å². The Balaban J connectivity index is 2.00. The first-order chi connectivity index (χ1) is 14.9. The Morgan fingerprint density at radius 2 is 1.94 bits per heavy atom. The second-order valence-electron chi connectivity index (χ2n) is 6.59. The summed E-state index contributed by atoms with van der Waals surface area (Å²) in [5, 5.41) is 10.1. The summed E-state index contributed by atoms with van der Waals surface area (Å²) in [4.78, 5) is 36.2. The number of rotatable bonds is 9. The molecule has 2 aromatic rings. The van der Waals surface area contributed by atoms with Crippen LogP contribution in [0.15, 0.2) is 60.7 Å². The van der Waals surface area contributed by atoms with Crippen LogP contribution in [-0.2, 0) is 20.8 Å². The Hall–Kier alpha value is -4.07. The SMILES string of the molecule is C=CCc1cc(/C=C2/C(=O)NN(c3ccccc3)C2=O)cc(OCC)c1OCC(=O)O. The lowest BCUT2D eigenvalue weighted by molar-refractivity contribution is -0.139. The molecule has 0 bridgehead atoms. The van der Waals surface area contributed by atoms with Gasteiger partial charge in [0.15, 0.2) is 18.1 Å². The van der Waals surface area contributed by atoms with E-state index in [0.717, 1.165) is 0 Å². The summed E-state index contributed by atoms with van der Waals surface area (Å²) in [6.07, 6.45) is 3.49. The van der Waals surface area contributed by atoms with Crippen molar-refractivity contribution in [1.82, 2.24) is 5.43 Å². The number of ether oxygens (including phenoxy) is 2. The van der Waals surface area contributed by atoms with Crippen LogP contribution < -0.4 is 19.9 Å². The summed E-state index contributed by atoms with van der Waals surface area (Å²) in [6, 6.07) is 12.1.